The third-order valence-electron chi connectivity index (χ3n) is 6.56. The van der Waals surface area contributed by atoms with Crippen molar-refractivity contribution < 1.29 is 19.7 Å². The number of benzene rings is 1. The standard InChI is InChI=1S/C23H34O4Si2/c24-22-17(11-13-28)3-1-5-20(22)26-15-16-7-9-19(10-8-16)27-21-6-2-4-18(12-14-29)23(21)25/h7-10,17-18,20-25H,1-6,11-15H2. The molecule has 3 rings (SSSR count). The predicted octanol–water partition coefficient (Wildman–Crippen LogP) is 3.60. The van der Waals surface area contributed by atoms with E-state index >= 15 is 0 Å². The Balaban J connectivity index is 1.49. The molecule has 0 aliphatic heterocycles. The van der Waals surface area contributed by atoms with Crippen molar-refractivity contribution in [3.8, 4) is 5.75 Å². The van der Waals surface area contributed by atoms with Gasteiger partial charge in [0.1, 0.15) is 11.9 Å². The minimum atomic E-state index is -0.400. The van der Waals surface area contributed by atoms with Crippen LogP contribution in [0.1, 0.15) is 56.9 Å². The van der Waals surface area contributed by atoms with E-state index in [1.807, 2.05) is 24.3 Å². The lowest BCUT2D eigenvalue weighted by Gasteiger charge is -2.35. The van der Waals surface area contributed by atoms with Crippen LogP contribution in [0.4, 0.5) is 0 Å². The minimum absolute atomic E-state index is 0.0773. The number of aliphatic hydroxyl groups excluding tert-OH is 2. The van der Waals surface area contributed by atoms with Crippen LogP contribution in [0.25, 0.3) is 0 Å². The van der Waals surface area contributed by atoms with Gasteiger partial charge in [-0.15, -0.1) is 0 Å². The molecule has 0 amide bonds. The lowest BCUT2D eigenvalue weighted by atomic mass is 9.83. The summed E-state index contributed by atoms with van der Waals surface area (Å²) in [4.78, 5) is 0. The maximum atomic E-state index is 10.6. The molecule has 2 saturated carbocycles. The lowest BCUT2D eigenvalue weighted by molar-refractivity contribution is -0.0915. The van der Waals surface area contributed by atoms with Crippen molar-refractivity contribution in [2.75, 3.05) is 0 Å². The largest absolute Gasteiger partial charge is 0.488 e. The molecule has 6 atom stereocenters. The Kier molecular flexibility index (Phi) is 9.24. The summed E-state index contributed by atoms with van der Waals surface area (Å²) in [5.41, 5.74) is 1.08. The number of hydrogen-bond donors (Lipinski definition) is 2. The summed E-state index contributed by atoms with van der Waals surface area (Å²) in [6, 6.07) is 9.79. The summed E-state index contributed by atoms with van der Waals surface area (Å²) >= 11 is 0. The van der Waals surface area contributed by atoms with Crippen molar-refractivity contribution in [1.29, 1.82) is 0 Å². The molecule has 2 aliphatic carbocycles. The maximum Gasteiger partial charge on any atom is 0.125 e. The molecule has 4 nitrogen and oxygen atoms in total. The van der Waals surface area contributed by atoms with Crippen molar-refractivity contribution in [2.45, 2.75) is 94.5 Å². The van der Waals surface area contributed by atoms with E-state index < -0.39 is 6.10 Å². The summed E-state index contributed by atoms with van der Waals surface area (Å²) in [6.07, 6.45) is 7.21. The van der Waals surface area contributed by atoms with Crippen molar-refractivity contribution in [2.24, 2.45) is 11.8 Å². The Hall–Kier alpha value is -0.666. The molecule has 6 radical (unpaired) electrons. The SMILES string of the molecule is OC1C(CC[Si])CCCC1OCc1ccc(OC2CCCC(CC[Si])C2O)cc1. The monoisotopic (exact) mass is 430 g/mol. The van der Waals surface area contributed by atoms with Gasteiger partial charge in [-0.05, 0) is 61.6 Å². The number of ether oxygens (including phenoxy) is 2. The fraction of sp³-hybridized carbons (Fsp3) is 0.739. The molecule has 29 heavy (non-hydrogen) atoms. The lowest BCUT2D eigenvalue weighted by Crippen LogP contribution is -2.41. The molecule has 0 heterocycles. The fourth-order valence-electron chi connectivity index (χ4n) is 4.81. The second-order valence-electron chi connectivity index (χ2n) is 8.59. The molecule has 0 saturated heterocycles. The van der Waals surface area contributed by atoms with Crippen molar-refractivity contribution in [3.05, 3.63) is 29.8 Å². The van der Waals surface area contributed by atoms with E-state index in [4.69, 9.17) is 9.47 Å². The Bertz CT molecular complexity index is 593. The Morgan fingerprint density at radius 2 is 1.34 bits per heavy atom. The van der Waals surface area contributed by atoms with Crippen LogP contribution in [0.5, 0.6) is 5.75 Å². The zero-order valence-electron chi connectivity index (χ0n) is 17.3. The highest BCUT2D eigenvalue weighted by atomic mass is 28.1. The van der Waals surface area contributed by atoms with Crippen molar-refractivity contribution >= 4 is 20.5 Å². The molecule has 2 N–H and O–H groups in total. The van der Waals surface area contributed by atoms with Crippen LogP contribution in [0.2, 0.25) is 12.1 Å². The van der Waals surface area contributed by atoms with Gasteiger partial charge in [0.15, 0.2) is 0 Å². The Morgan fingerprint density at radius 1 is 0.793 bits per heavy atom. The van der Waals surface area contributed by atoms with Gasteiger partial charge in [-0.25, -0.2) is 0 Å². The molecule has 2 aliphatic rings. The van der Waals surface area contributed by atoms with Gasteiger partial charge >= 0.3 is 0 Å². The maximum absolute atomic E-state index is 10.6. The first kappa shape index (κ1) is 23.0. The van der Waals surface area contributed by atoms with Crippen molar-refractivity contribution in [1.82, 2.24) is 0 Å². The summed E-state index contributed by atoms with van der Waals surface area (Å²) in [6.45, 7) is 0.502. The summed E-state index contributed by atoms with van der Waals surface area (Å²) in [7, 11) is 7.06. The summed E-state index contributed by atoms with van der Waals surface area (Å²) in [5.74, 6) is 1.44. The van der Waals surface area contributed by atoms with Crippen LogP contribution in [-0.2, 0) is 11.3 Å². The van der Waals surface area contributed by atoms with E-state index in [0.29, 0.717) is 18.4 Å². The predicted molar refractivity (Wildman–Crippen MR) is 116 cm³/mol. The zero-order valence-corrected chi connectivity index (χ0v) is 19.3. The number of rotatable bonds is 9. The molecule has 2 fully saturated rings. The molecule has 6 heteroatoms. The second-order valence-corrected chi connectivity index (χ2v) is 9.59. The smallest absolute Gasteiger partial charge is 0.125 e. The van der Waals surface area contributed by atoms with E-state index in [2.05, 4.69) is 20.5 Å². The third-order valence-corrected chi connectivity index (χ3v) is 7.14. The van der Waals surface area contributed by atoms with Crippen LogP contribution in [0.3, 0.4) is 0 Å². The first-order valence-electron chi connectivity index (χ1n) is 11.1. The summed E-state index contributed by atoms with van der Waals surface area (Å²) in [5, 5.41) is 21.2. The van der Waals surface area contributed by atoms with Gasteiger partial charge in [0.05, 0.1) is 24.9 Å². The molecule has 0 spiro atoms. The molecule has 0 bridgehead atoms. The molecular weight excluding hydrogens is 396 g/mol. The van der Waals surface area contributed by atoms with Crippen LogP contribution in [0.15, 0.2) is 24.3 Å². The van der Waals surface area contributed by atoms with Gasteiger partial charge < -0.3 is 19.7 Å². The molecule has 1 aromatic rings. The van der Waals surface area contributed by atoms with Gasteiger partial charge in [0, 0.05) is 20.5 Å². The second kappa shape index (κ2) is 11.7. The highest BCUT2D eigenvalue weighted by Crippen LogP contribution is 2.32. The summed E-state index contributed by atoms with van der Waals surface area (Å²) < 4.78 is 12.2. The molecule has 0 aromatic heterocycles. The van der Waals surface area contributed by atoms with Gasteiger partial charge in [0.25, 0.3) is 0 Å². The van der Waals surface area contributed by atoms with Gasteiger partial charge in [0.2, 0.25) is 0 Å². The normalized spacial score (nSPS) is 32.8. The number of aliphatic hydroxyl groups is 2. The van der Waals surface area contributed by atoms with E-state index in [9.17, 15) is 10.2 Å². The molecule has 158 valence electrons. The first-order valence-corrected chi connectivity index (χ1v) is 12.6. The van der Waals surface area contributed by atoms with E-state index in [-0.39, 0.29) is 18.3 Å². The third kappa shape index (κ3) is 6.41. The van der Waals surface area contributed by atoms with Crippen LogP contribution < -0.4 is 4.74 Å². The minimum Gasteiger partial charge on any atom is -0.488 e. The van der Waals surface area contributed by atoms with E-state index in [1.54, 1.807) is 0 Å². The Morgan fingerprint density at radius 3 is 1.93 bits per heavy atom. The highest BCUT2D eigenvalue weighted by molar-refractivity contribution is 6.08. The van der Waals surface area contributed by atoms with Crippen LogP contribution in [-0.4, -0.2) is 55.1 Å². The topological polar surface area (TPSA) is 58.9 Å². The Labute approximate surface area is 182 Å². The van der Waals surface area contributed by atoms with E-state index in [0.717, 1.165) is 74.8 Å². The molecule has 6 unspecified atom stereocenters. The average Bonchev–Trinajstić information content (AvgIpc) is 2.73. The first-order chi connectivity index (χ1) is 14.1. The fourth-order valence-corrected chi connectivity index (χ4v) is 5.55. The molecule has 1 aromatic carbocycles. The van der Waals surface area contributed by atoms with Gasteiger partial charge in [-0.3, -0.25) is 0 Å². The molecular formula is C23H34O4Si2. The average molecular weight is 431 g/mol. The van der Waals surface area contributed by atoms with E-state index in [1.165, 1.54) is 0 Å². The zero-order chi connectivity index (χ0) is 20.6. The van der Waals surface area contributed by atoms with Crippen LogP contribution >= 0.6 is 0 Å². The highest BCUT2D eigenvalue weighted by Gasteiger charge is 2.33. The van der Waals surface area contributed by atoms with Gasteiger partial charge in [-0.1, -0.05) is 43.5 Å². The number of hydrogen-bond acceptors (Lipinski definition) is 4. The van der Waals surface area contributed by atoms with Crippen LogP contribution in [0, 0.1) is 11.8 Å². The van der Waals surface area contributed by atoms with Crippen molar-refractivity contribution in [3.63, 3.8) is 0 Å². The quantitative estimate of drug-likeness (QED) is 0.588. The van der Waals surface area contributed by atoms with Gasteiger partial charge in [-0.2, -0.15) is 0 Å².